The van der Waals surface area contributed by atoms with E-state index >= 15 is 0 Å². The third kappa shape index (κ3) is 2.38. The lowest BCUT2D eigenvalue weighted by atomic mass is 9.93. The Kier molecular flexibility index (Phi) is 3.39. The van der Waals surface area contributed by atoms with E-state index < -0.39 is 11.8 Å². The monoisotopic (exact) mass is 304 g/mol. The summed E-state index contributed by atoms with van der Waals surface area (Å²) in [5, 5.41) is 9.11. The lowest BCUT2D eigenvalue weighted by molar-refractivity contribution is 0.0697. The van der Waals surface area contributed by atoms with Crippen LogP contribution in [0.5, 0.6) is 5.75 Å². The average Bonchev–Trinajstić information content (AvgIpc) is 2.49. The van der Waals surface area contributed by atoms with Crippen molar-refractivity contribution in [2.45, 2.75) is 0 Å². The summed E-state index contributed by atoms with van der Waals surface area (Å²) in [6, 6.07) is 9.23. The second kappa shape index (κ2) is 5.22. The van der Waals surface area contributed by atoms with E-state index in [1.807, 2.05) is 0 Å². The van der Waals surface area contributed by atoms with E-state index in [1.165, 1.54) is 18.2 Å². The number of aromatic carboxylic acids is 1. The number of fused-ring (bicyclic) bond motifs is 1. The summed E-state index contributed by atoms with van der Waals surface area (Å²) >= 11 is 5.81. The zero-order chi connectivity index (χ0) is 15.0. The molecule has 0 aliphatic carbocycles. The van der Waals surface area contributed by atoms with Gasteiger partial charge in [-0.25, -0.2) is 9.18 Å². The Morgan fingerprint density at radius 3 is 2.81 bits per heavy atom. The van der Waals surface area contributed by atoms with Gasteiger partial charge in [-0.3, -0.25) is 0 Å². The highest BCUT2D eigenvalue weighted by molar-refractivity contribution is 6.31. The number of rotatable bonds is 2. The molecule has 2 aromatic rings. The molecular formula is C16H10ClFO3. The molecule has 0 bridgehead atoms. The molecule has 0 radical (unpaired) electrons. The molecule has 5 heteroatoms. The Bertz CT molecular complexity index is 768. The van der Waals surface area contributed by atoms with Crippen molar-refractivity contribution in [3.63, 3.8) is 0 Å². The molecule has 0 amide bonds. The van der Waals surface area contributed by atoms with Crippen molar-refractivity contribution in [2.24, 2.45) is 0 Å². The normalized spacial score (nSPS) is 13.1. The van der Waals surface area contributed by atoms with Gasteiger partial charge in [0.1, 0.15) is 18.2 Å². The lowest BCUT2D eigenvalue weighted by Crippen LogP contribution is -2.08. The fourth-order valence-corrected chi connectivity index (χ4v) is 2.47. The molecule has 3 nitrogen and oxygen atoms in total. The van der Waals surface area contributed by atoms with E-state index in [0.29, 0.717) is 29.1 Å². The van der Waals surface area contributed by atoms with Crippen LogP contribution in [0.4, 0.5) is 4.39 Å². The first-order valence-electron chi connectivity index (χ1n) is 6.23. The minimum absolute atomic E-state index is 0.0239. The van der Waals surface area contributed by atoms with Gasteiger partial charge in [-0.15, -0.1) is 0 Å². The SMILES string of the molecule is O=C(O)c1ccc2c(c1)C(c1cccc(Cl)c1F)=CCO2. The van der Waals surface area contributed by atoms with Crippen LogP contribution in [-0.4, -0.2) is 17.7 Å². The van der Waals surface area contributed by atoms with Crippen molar-refractivity contribution in [1.82, 2.24) is 0 Å². The van der Waals surface area contributed by atoms with Crippen LogP contribution in [0.25, 0.3) is 5.57 Å². The van der Waals surface area contributed by atoms with Gasteiger partial charge in [0.15, 0.2) is 0 Å². The third-order valence-corrected chi connectivity index (χ3v) is 3.58. The minimum Gasteiger partial charge on any atom is -0.489 e. The predicted octanol–water partition coefficient (Wildman–Crippen LogP) is 4.00. The van der Waals surface area contributed by atoms with Gasteiger partial charge in [0.2, 0.25) is 0 Å². The summed E-state index contributed by atoms with van der Waals surface area (Å²) in [6.07, 6.45) is 1.71. The zero-order valence-electron chi connectivity index (χ0n) is 10.8. The van der Waals surface area contributed by atoms with Gasteiger partial charge in [-0.1, -0.05) is 23.7 Å². The minimum atomic E-state index is -1.05. The second-order valence-corrected chi connectivity index (χ2v) is 4.95. The molecule has 106 valence electrons. The molecule has 1 aliphatic rings. The molecule has 0 atom stereocenters. The van der Waals surface area contributed by atoms with Gasteiger partial charge in [0.25, 0.3) is 0 Å². The second-order valence-electron chi connectivity index (χ2n) is 4.55. The predicted molar refractivity (Wildman–Crippen MR) is 77.4 cm³/mol. The van der Waals surface area contributed by atoms with Crippen LogP contribution >= 0.6 is 11.6 Å². The molecule has 0 fully saturated rings. The van der Waals surface area contributed by atoms with E-state index in [1.54, 1.807) is 24.3 Å². The van der Waals surface area contributed by atoms with E-state index in [2.05, 4.69) is 0 Å². The van der Waals surface area contributed by atoms with E-state index in [0.717, 1.165) is 0 Å². The first-order chi connectivity index (χ1) is 10.1. The Morgan fingerprint density at radius 1 is 1.24 bits per heavy atom. The molecule has 0 spiro atoms. The number of hydrogen-bond donors (Lipinski definition) is 1. The van der Waals surface area contributed by atoms with Crippen LogP contribution in [0, 0.1) is 5.82 Å². The molecule has 1 N–H and O–H groups in total. The molecule has 0 aromatic heterocycles. The number of carboxylic acid groups (broad SMARTS) is 1. The summed E-state index contributed by atoms with van der Waals surface area (Å²) in [4.78, 5) is 11.1. The van der Waals surface area contributed by atoms with Gasteiger partial charge >= 0.3 is 5.97 Å². The zero-order valence-corrected chi connectivity index (χ0v) is 11.5. The largest absolute Gasteiger partial charge is 0.489 e. The van der Waals surface area contributed by atoms with Gasteiger partial charge in [0, 0.05) is 11.1 Å². The van der Waals surface area contributed by atoms with Crippen molar-refractivity contribution in [2.75, 3.05) is 6.61 Å². The van der Waals surface area contributed by atoms with E-state index in [9.17, 15) is 9.18 Å². The topological polar surface area (TPSA) is 46.5 Å². The van der Waals surface area contributed by atoms with Crippen molar-refractivity contribution in [3.05, 3.63) is 70.0 Å². The molecule has 3 rings (SSSR count). The molecule has 0 saturated heterocycles. The number of benzene rings is 2. The fraction of sp³-hybridized carbons (Fsp3) is 0.0625. The summed E-state index contributed by atoms with van der Waals surface area (Å²) < 4.78 is 19.7. The van der Waals surface area contributed by atoms with Gasteiger partial charge < -0.3 is 9.84 Å². The average molecular weight is 305 g/mol. The molecule has 21 heavy (non-hydrogen) atoms. The van der Waals surface area contributed by atoms with Crippen LogP contribution in [0.1, 0.15) is 21.5 Å². The van der Waals surface area contributed by atoms with Crippen LogP contribution in [-0.2, 0) is 0 Å². The molecule has 0 unspecified atom stereocenters. The number of hydrogen-bond acceptors (Lipinski definition) is 2. The Balaban J connectivity index is 2.18. The maximum Gasteiger partial charge on any atom is 0.335 e. The quantitative estimate of drug-likeness (QED) is 0.912. The van der Waals surface area contributed by atoms with Crippen LogP contribution < -0.4 is 4.74 Å². The number of carbonyl (C=O) groups is 1. The summed E-state index contributed by atoms with van der Waals surface area (Å²) in [6.45, 7) is 0.292. The molecular weight excluding hydrogens is 295 g/mol. The molecule has 1 heterocycles. The third-order valence-electron chi connectivity index (χ3n) is 3.28. The Hall–Kier alpha value is -2.33. The maximum atomic E-state index is 14.2. The van der Waals surface area contributed by atoms with Crippen LogP contribution in [0.2, 0.25) is 5.02 Å². The number of halogens is 2. The Labute approximate surface area is 125 Å². The van der Waals surface area contributed by atoms with Crippen molar-refractivity contribution >= 4 is 23.1 Å². The van der Waals surface area contributed by atoms with Gasteiger partial charge in [-0.2, -0.15) is 0 Å². The van der Waals surface area contributed by atoms with Crippen molar-refractivity contribution in [3.8, 4) is 5.75 Å². The van der Waals surface area contributed by atoms with Crippen molar-refractivity contribution in [1.29, 1.82) is 0 Å². The maximum absolute atomic E-state index is 14.2. The van der Waals surface area contributed by atoms with Crippen LogP contribution in [0.3, 0.4) is 0 Å². The van der Waals surface area contributed by atoms with E-state index in [-0.39, 0.29) is 10.6 Å². The molecule has 1 aliphatic heterocycles. The van der Waals surface area contributed by atoms with Gasteiger partial charge in [0.05, 0.1) is 10.6 Å². The smallest absolute Gasteiger partial charge is 0.335 e. The summed E-state index contributed by atoms with van der Waals surface area (Å²) in [5.74, 6) is -1.05. The highest BCUT2D eigenvalue weighted by Crippen LogP contribution is 2.37. The standard InChI is InChI=1S/C16H10ClFO3/c17-13-3-1-2-11(15(13)18)10-6-7-21-14-5-4-9(16(19)20)8-12(10)14/h1-6,8H,7H2,(H,19,20). The molecule has 0 saturated carbocycles. The summed E-state index contributed by atoms with van der Waals surface area (Å²) in [5.41, 5.74) is 1.57. The number of carboxylic acids is 1. The van der Waals surface area contributed by atoms with E-state index in [4.69, 9.17) is 21.4 Å². The highest BCUT2D eigenvalue weighted by atomic mass is 35.5. The first kappa shape index (κ1) is 13.6. The van der Waals surface area contributed by atoms with Crippen LogP contribution in [0.15, 0.2) is 42.5 Å². The molecule has 2 aromatic carbocycles. The fourth-order valence-electron chi connectivity index (χ4n) is 2.29. The van der Waals surface area contributed by atoms with Crippen molar-refractivity contribution < 1.29 is 19.0 Å². The highest BCUT2D eigenvalue weighted by Gasteiger charge is 2.20. The first-order valence-corrected chi connectivity index (χ1v) is 6.61. The van der Waals surface area contributed by atoms with Gasteiger partial charge in [-0.05, 0) is 35.9 Å². The number of ether oxygens (including phenoxy) is 1. The lowest BCUT2D eigenvalue weighted by Gasteiger charge is -2.20. The summed E-state index contributed by atoms with van der Waals surface area (Å²) in [7, 11) is 0. The Morgan fingerprint density at radius 2 is 2.05 bits per heavy atom.